The van der Waals surface area contributed by atoms with E-state index in [-0.39, 0.29) is 11.3 Å². The first-order valence-corrected chi connectivity index (χ1v) is 10.1. The Kier molecular flexibility index (Phi) is 5.71. The van der Waals surface area contributed by atoms with E-state index < -0.39 is 0 Å². The van der Waals surface area contributed by atoms with Crippen LogP contribution < -0.4 is 10.7 Å². The third-order valence-corrected chi connectivity index (χ3v) is 5.30. The van der Waals surface area contributed by atoms with Gasteiger partial charge in [0.1, 0.15) is 0 Å². The van der Waals surface area contributed by atoms with Crippen LogP contribution in [0.4, 0.5) is 5.69 Å². The highest BCUT2D eigenvalue weighted by Gasteiger charge is 2.08. The summed E-state index contributed by atoms with van der Waals surface area (Å²) in [6.45, 7) is 7.99. The van der Waals surface area contributed by atoms with Crippen molar-refractivity contribution in [3.05, 3.63) is 74.6 Å². The number of carbonyl (C=O) groups is 1. The first kappa shape index (κ1) is 19.2. The van der Waals surface area contributed by atoms with E-state index in [4.69, 9.17) is 0 Å². The average molecular weight is 381 g/mol. The van der Waals surface area contributed by atoms with Crippen LogP contribution in [0.5, 0.6) is 0 Å². The van der Waals surface area contributed by atoms with Crippen molar-refractivity contribution in [2.45, 2.75) is 33.4 Å². The second kappa shape index (κ2) is 8.01. The summed E-state index contributed by atoms with van der Waals surface area (Å²) in [5.74, 6) is 0.873. The molecular weight excluding hydrogens is 356 g/mol. The first-order chi connectivity index (χ1) is 12.8. The summed E-state index contributed by atoms with van der Waals surface area (Å²) in [5.41, 5.74) is 6.89. The number of rotatable bonds is 5. The van der Waals surface area contributed by atoms with E-state index in [1.807, 2.05) is 52.0 Å². The van der Waals surface area contributed by atoms with Crippen LogP contribution >= 0.6 is 11.8 Å². The van der Waals surface area contributed by atoms with Gasteiger partial charge in [-0.1, -0.05) is 12.1 Å². The van der Waals surface area contributed by atoms with Crippen molar-refractivity contribution in [3.8, 4) is 0 Å². The van der Waals surface area contributed by atoms with Gasteiger partial charge in [-0.05, 0) is 68.1 Å². The predicted octanol–water partition coefficient (Wildman–Crippen LogP) is 4.63. The molecular formula is C22H24N2O2S. The number of amides is 1. The quantitative estimate of drug-likeness (QED) is 0.678. The third-order valence-electron chi connectivity index (χ3n) is 4.32. The fraction of sp³-hybridized carbons (Fsp3) is 0.273. The molecule has 0 fully saturated rings. The van der Waals surface area contributed by atoms with Crippen molar-refractivity contribution < 1.29 is 4.79 Å². The molecule has 0 aliphatic rings. The molecule has 0 unspecified atom stereocenters. The van der Waals surface area contributed by atoms with Crippen LogP contribution in [0.1, 0.15) is 27.9 Å². The number of benzene rings is 2. The van der Waals surface area contributed by atoms with Crippen molar-refractivity contribution in [1.29, 1.82) is 0 Å². The molecule has 0 radical (unpaired) electrons. The van der Waals surface area contributed by atoms with Gasteiger partial charge < -0.3 is 10.3 Å². The summed E-state index contributed by atoms with van der Waals surface area (Å²) < 4.78 is 0. The molecule has 0 saturated carbocycles. The lowest BCUT2D eigenvalue weighted by Gasteiger charge is -2.09. The number of anilines is 1. The van der Waals surface area contributed by atoms with Gasteiger partial charge in [-0.25, -0.2) is 0 Å². The average Bonchev–Trinajstić information content (AvgIpc) is 2.52. The van der Waals surface area contributed by atoms with Crippen LogP contribution in [-0.2, 0) is 10.5 Å². The van der Waals surface area contributed by atoms with Crippen molar-refractivity contribution >= 4 is 34.3 Å². The summed E-state index contributed by atoms with van der Waals surface area (Å²) in [5, 5.41) is 3.67. The number of hydrogen-bond acceptors (Lipinski definition) is 3. The molecule has 140 valence electrons. The number of carbonyl (C=O) groups excluding carboxylic acids is 1. The topological polar surface area (TPSA) is 62.0 Å². The number of aromatic nitrogens is 1. The number of nitrogens with one attached hydrogen (secondary N) is 2. The third kappa shape index (κ3) is 4.80. The van der Waals surface area contributed by atoms with E-state index in [2.05, 4.69) is 16.4 Å². The number of fused-ring (bicyclic) bond motifs is 1. The molecule has 5 heteroatoms. The molecule has 1 amide bonds. The van der Waals surface area contributed by atoms with Crippen LogP contribution in [0, 0.1) is 27.7 Å². The number of aryl methyl sites for hydroxylation is 4. The van der Waals surface area contributed by atoms with E-state index in [0.717, 1.165) is 44.5 Å². The van der Waals surface area contributed by atoms with Gasteiger partial charge in [0.25, 0.3) is 0 Å². The molecule has 0 spiro atoms. The Hall–Kier alpha value is -2.53. The van der Waals surface area contributed by atoms with Gasteiger partial charge in [0, 0.05) is 28.6 Å². The molecule has 3 rings (SSSR count). The zero-order chi connectivity index (χ0) is 19.6. The van der Waals surface area contributed by atoms with Gasteiger partial charge in [-0.2, -0.15) is 0 Å². The van der Waals surface area contributed by atoms with E-state index in [0.29, 0.717) is 11.5 Å². The monoisotopic (exact) mass is 380 g/mol. The zero-order valence-electron chi connectivity index (χ0n) is 16.1. The summed E-state index contributed by atoms with van der Waals surface area (Å²) in [6, 6.07) is 11.6. The molecule has 2 aromatic carbocycles. The highest BCUT2D eigenvalue weighted by molar-refractivity contribution is 7.99. The van der Waals surface area contributed by atoms with E-state index in [1.165, 1.54) is 11.8 Å². The maximum absolute atomic E-state index is 12.4. The predicted molar refractivity (Wildman–Crippen MR) is 115 cm³/mol. The fourth-order valence-electron chi connectivity index (χ4n) is 3.41. The summed E-state index contributed by atoms with van der Waals surface area (Å²) in [6.07, 6.45) is 0. The molecule has 1 aromatic heterocycles. The minimum absolute atomic E-state index is 0.0246. The second-order valence-corrected chi connectivity index (χ2v) is 8.07. The molecule has 2 N–H and O–H groups in total. The first-order valence-electron chi connectivity index (χ1n) is 8.91. The van der Waals surface area contributed by atoms with Gasteiger partial charge >= 0.3 is 0 Å². The molecule has 1 heterocycles. The van der Waals surface area contributed by atoms with Crippen LogP contribution in [0.15, 0.2) is 41.2 Å². The Labute approximate surface area is 163 Å². The van der Waals surface area contributed by atoms with Crippen LogP contribution in [0.3, 0.4) is 0 Å². The molecule has 0 aliphatic heterocycles. The van der Waals surface area contributed by atoms with E-state index >= 15 is 0 Å². The lowest BCUT2D eigenvalue weighted by Crippen LogP contribution is -2.14. The smallest absolute Gasteiger partial charge is 0.234 e. The Morgan fingerprint density at radius 2 is 1.63 bits per heavy atom. The van der Waals surface area contributed by atoms with Gasteiger partial charge in [0.2, 0.25) is 5.91 Å². The number of aromatic amines is 1. The summed E-state index contributed by atoms with van der Waals surface area (Å²) >= 11 is 1.49. The molecule has 4 nitrogen and oxygen atoms in total. The molecule has 0 atom stereocenters. The largest absolute Gasteiger partial charge is 0.357 e. The SMILES string of the molecule is Cc1cc(C)cc(NC(=O)CSCc2cc(=O)c3c(C)cc(C)cc3[nH]2)c1. The maximum Gasteiger partial charge on any atom is 0.234 e. The van der Waals surface area contributed by atoms with Crippen LogP contribution in [0.25, 0.3) is 10.9 Å². The van der Waals surface area contributed by atoms with Gasteiger partial charge in [-0.15, -0.1) is 11.8 Å². The van der Waals surface area contributed by atoms with Gasteiger partial charge in [0.15, 0.2) is 5.43 Å². The molecule has 0 saturated heterocycles. The van der Waals surface area contributed by atoms with Crippen LogP contribution in [0.2, 0.25) is 0 Å². The lowest BCUT2D eigenvalue weighted by atomic mass is 10.1. The van der Waals surface area contributed by atoms with Crippen molar-refractivity contribution in [3.63, 3.8) is 0 Å². The van der Waals surface area contributed by atoms with Gasteiger partial charge in [0.05, 0.1) is 11.3 Å². The Bertz CT molecular complexity index is 1050. The standard InChI is InChI=1S/C22H24N2O2S/c1-13-5-14(2)8-17(7-13)24-21(26)12-27-11-18-10-20(25)22-16(4)6-15(3)9-19(22)23-18/h5-10H,11-12H2,1-4H3,(H,23,25)(H,24,26). The van der Waals surface area contributed by atoms with Gasteiger partial charge in [-0.3, -0.25) is 9.59 Å². The Balaban J connectivity index is 1.65. The molecule has 0 bridgehead atoms. The zero-order valence-corrected chi connectivity index (χ0v) is 16.9. The minimum atomic E-state index is -0.0418. The fourth-order valence-corrected chi connectivity index (χ4v) is 4.14. The van der Waals surface area contributed by atoms with Crippen molar-refractivity contribution in [1.82, 2.24) is 4.98 Å². The molecule has 0 aliphatic carbocycles. The summed E-state index contributed by atoms with van der Waals surface area (Å²) in [4.78, 5) is 28.0. The molecule has 27 heavy (non-hydrogen) atoms. The number of pyridine rings is 1. The Morgan fingerprint density at radius 3 is 2.33 bits per heavy atom. The van der Waals surface area contributed by atoms with Crippen LogP contribution in [-0.4, -0.2) is 16.6 Å². The van der Waals surface area contributed by atoms with Crippen molar-refractivity contribution in [2.24, 2.45) is 0 Å². The number of H-pyrrole nitrogens is 1. The second-order valence-electron chi connectivity index (χ2n) is 7.08. The van der Waals surface area contributed by atoms with E-state index in [1.54, 1.807) is 6.07 Å². The van der Waals surface area contributed by atoms with Crippen molar-refractivity contribution in [2.75, 3.05) is 11.1 Å². The van der Waals surface area contributed by atoms with E-state index in [9.17, 15) is 9.59 Å². The minimum Gasteiger partial charge on any atom is -0.357 e. The highest BCUT2D eigenvalue weighted by atomic mass is 32.2. The highest BCUT2D eigenvalue weighted by Crippen LogP contribution is 2.19. The number of thioether (sulfide) groups is 1. The number of hydrogen-bond donors (Lipinski definition) is 2. The Morgan fingerprint density at radius 1 is 0.963 bits per heavy atom. The molecule has 3 aromatic rings. The normalized spacial score (nSPS) is 11.0. The maximum atomic E-state index is 12.4. The summed E-state index contributed by atoms with van der Waals surface area (Å²) in [7, 11) is 0. The lowest BCUT2D eigenvalue weighted by molar-refractivity contribution is -0.113.